The van der Waals surface area contributed by atoms with Crippen molar-refractivity contribution >= 4 is 11.8 Å². The van der Waals surface area contributed by atoms with Crippen LogP contribution in [0.5, 0.6) is 0 Å². The van der Waals surface area contributed by atoms with Crippen molar-refractivity contribution in [1.82, 2.24) is 0 Å². The van der Waals surface area contributed by atoms with Crippen LogP contribution in [0.3, 0.4) is 0 Å². The first-order valence-corrected chi connectivity index (χ1v) is 9.77. The van der Waals surface area contributed by atoms with Gasteiger partial charge >= 0.3 is 17.1 Å². The molecule has 3 N–H and O–H groups in total. The van der Waals surface area contributed by atoms with E-state index in [1.165, 1.54) is 51.4 Å². The van der Waals surface area contributed by atoms with Gasteiger partial charge in [0.25, 0.3) is 0 Å². The van der Waals surface area contributed by atoms with Gasteiger partial charge in [0.05, 0.1) is 6.61 Å². The van der Waals surface area contributed by atoms with Crippen LogP contribution in [0.15, 0.2) is 0 Å². The summed E-state index contributed by atoms with van der Waals surface area (Å²) in [4.78, 5) is 0. The Bertz CT molecular complexity index is 248. The van der Waals surface area contributed by atoms with Crippen LogP contribution in [0, 0.1) is 20.8 Å². The fourth-order valence-corrected chi connectivity index (χ4v) is 4.69. The van der Waals surface area contributed by atoms with Gasteiger partial charge < -0.3 is 30.2 Å². The Morgan fingerprint density at radius 1 is 0.960 bits per heavy atom. The van der Waals surface area contributed by atoms with Crippen molar-refractivity contribution in [2.24, 2.45) is 5.92 Å². The number of aliphatic hydroxyl groups is 1. The number of aliphatic hydroxyl groups excluding tert-OH is 1. The van der Waals surface area contributed by atoms with Gasteiger partial charge in [-0.2, -0.15) is 11.8 Å². The topological polar surface area (TPSA) is 61.0 Å². The van der Waals surface area contributed by atoms with Crippen LogP contribution in [0.4, 0.5) is 0 Å². The molecule has 5 heteroatoms. The third-order valence-electron chi connectivity index (χ3n) is 4.12. The minimum Gasteiger partial charge on any atom is -0.412 e. The Labute approximate surface area is 173 Å². The summed E-state index contributed by atoms with van der Waals surface area (Å²) in [6.07, 6.45) is 12.3. The monoisotopic (exact) mass is 420 g/mol. The second kappa shape index (κ2) is 19.5. The molecule has 2 unspecified atom stereocenters. The van der Waals surface area contributed by atoms with Crippen molar-refractivity contribution < 1.29 is 32.4 Å². The number of hydrogen-bond acceptors (Lipinski definition) is 3. The molecular weight excluding hydrogens is 376 g/mol. The molecule has 3 nitrogen and oxygen atoms in total. The standard InChI is InChI=1S/C13H26O2S.C5H10.2CH3.Fe.H2O/c1-13(2,3)16-12-7-4-6-11(12)10-15-9-5-8-14;1-2-4-5-3-1;;;;/h11-12,14H,4-10H2,1-3H3;1-5H2;2*1H3;;1H2/q;;2*-1;+2;. The van der Waals surface area contributed by atoms with Crippen molar-refractivity contribution in [2.45, 2.75) is 88.6 Å². The van der Waals surface area contributed by atoms with E-state index in [9.17, 15) is 0 Å². The van der Waals surface area contributed by atoms with Gasteiger partial charge in [-0.1, -0.05) is 59.3 Å². The molecule has 0 aromatic heterocycles. The SMILES string of the molecule is C1CCCC1.CC(C)(C)SC1CCCC1COCCCO.O.[CH3-].[CH3-].[Fe+2]. The normalized spacial score (nSPS) is 21.6. The molecule has 0 bridgehead atoms. The van der Waals surface area contributed by atoms with Crippen LogP contribution in [0.2, 0.25) is 0 Å². The van der Waals surface area contributed by atoms with E-state index in [0.29, 0.717) is 11.4 Å². The van der Waals surface area contributed by atoms with E-state index in [1.54, 1.807) is 0 Å². The number of hydrogen-bond donors (Lipinski definition) is 1. The maximum atomic E-state index is 8.68. The summed E-state index contributed by atoms with van der Waals surface area (Å²) < 4.78 is 5.99. The molecule has 2 rings (SSSR count). The smallest absolute Gasteiger partial charge is 0.412 e. The van der Waals surface area contributed by atoms with Crippen LogP contribution in [0.25, 0.3) is 0 Å². The molecule has 0 spiro atoms. The molecule has 0 aliphatic heterocycles. The molecule has 156 valence electrons. The van der Waals surface area contributed by atoms with Crippen LogP contribution < -0.4 is 0 Å². The van der Waals surface area contributed by atoms with E-state index in [2.05, 4.69) is 32.5 Å². The molecule has 0 aromatic rings. The summed E-state index contributed by atoms with van der Waals surface area (Å²) in [5, 5.41) is 9.45. The Balaban J connectivity index is -0.000000213. The molecule has 2 aliphatic carbocycles. The molecule has 25 heavy (non-hydrogen) atoms. The van der Waals surface area contributed by atoms with Crippen molar-refractivity contribution in [2.75, 3.05) is 19.8 Å². The predicted octanol–water partition coefficient (Wildman–Crippen LogP) is 5.11. The summed E-state index contributed by atoms with van der Waals surface area (Å²) in [6, 6.07) is 0. The summed E-state index contributed by atoms with van der Waals surface area (Å²) in [6.45, 7) is 8.71. The molecule has 2 fully saturated rings. The molecule has 0 radical (unpaired) electrons. The van der Waals surface area contributed by atoms with Gasteiger partial charge in [0, 0.05) is 23.2 Å². The van der Waals surface area contributed by atoms with E-state index >= 15 is 0 Å². The van der Waals surface area contributed by atoms with Gasteiger partial charge in [0.15, 0.2) is 0 Å². The van der Waals surface area contributed by atoms with E-state index in [-0.39, 0.29) is 44.0 Å². The largest absolute Gasteiger partial charge is 2.00 e. The quantitative estimate of drug-likeness (QED) is 0.369. The van der Waals surface area contributed by atoms with Crippen molar-refractivity contribution in [3.8, 4) is 0 Å². The van der Waals surface area contributed by atoms with Gasteiger partial charge in [0.1, 0.15) is 0 Å². The molecule has 0 saturated heterocycles. The van der Waals surface area contributed by atoms with Crippen LogP contribution in [0.1, 0.15) is 78.6 Å². The van der Waals surface area contributed by atoms with Gasteiger partial charge in [-0.25, -0.2) is 0 Å². The zero-order valence-electron chi connectivity index (χ0n) is 17.3. The number of ether oxygens (including phenoxy) is 1. The molecular formula is C20H44FeO3S. The summed E-state index contributed by atoms with van der Waals surface area (Å²) in [5.74, 6) is 0.725. The molecule has 2 saturated carbocycles. The molecule has 0 heterocycles. The van der Waals surface area contributed by atoms with E-state index < -0.39 is 0 Å². The van der Waals surface area contributed by atoms with Gasteiger partial charge in [0.2, 0.25) is 0 Å². The molecule has 0 amide bonds. The molecule has 2 aliphatic rings. The minimum absolute atomic E-state index is 0. The Hall–Kier alpha value is 0.749. The average molecular weight is 420 g/mol. The van der Waals surface area contributed by atoms with Crippen LogP contribution in [-0.4, -0.2) is 40.4 Å². The van der Waals surface area contributed by atoms with Crippen molar-refractivity contribution in [1.29, 1.82) is 0 Å². The number of rotatable bonds is 6. The van der Waals surface area contributed by atoms with Crippen molar-refractivity contribution in [3.63, 3.8) is 0 Å². The summed E-state index contributed by atoms with van der Waals surface area (Å²) in [5.41, 5.74) is 0. The second-order valence-electron chi connectivity index (χ2n) is 7.38. The second-order valence-corrected chi connectivity index (χ2v) is 9.45. The van der Waals surface area contributed by atoms with E-state index in [4.69, 9.17) is 9.84 Å². The number of thioether (sulfide) groups is 1. The van der Waals surface area contributed by atoms with Gasteiger partial charge in [-0.3, -0.25) is 0 Å². The third kappa shape index (κ3) is 17.9. The van der Waals surface area contributed by atoms with Gasteiger partial charge in [-0.15, -0.1) is 0 Å². The molecule has 0 aromatic carbocycles. The summed E-state index contributed by atoms with van der Waals surface area (Å²) in [7, 11) is 0. The fourth-order valence-electron chi connectivity index (χ4n) is 3.09. The van der Waals surface area contributed by atoms with E-state index in [0.717, 1.165) is 24.2 Å². The minimum atomic E-state index is 0. The predicted molar refractivity (Wildman–Crippen MR) is 111 cm³/mol. The average Bonchev–Trinajstić information content (AvgIpc) is 3.07. The van der Waals surface area contributed by atoms with Crippen LogP contribution in [-0.2, 0) is 21.8 Å². The van der Waals surface area contributed by atoms with Crippen molar-refractivity contribution in [3.05, 3.63) is 14.9 Å². The Kier molecular flexibility index (Phi) is 26.0. The van der Waals surface area contributed by atoms with E-state index in [1.807, 2.05) is 0 Å². The Morgan fingerprint density at radius 2 is 1.48 bits per heavy atom. The summed E-state index contributed by atoms with van der Waals surface area (Å²) >= 11 is 2.11. The Morgan fingerprint density at radius 3 is 1.92 bits per heavy atom. The fraction of sp³-hybridized carbons (Fsp3) is 0.900. The first-order valence-electron chi connectivity index (χ1n) is 8.89. The molecule has 2 atom stereocenters. The third-order valence-corrected chi connectivity index (χ3v) is 5.75. The van der Waals surface area contributed by atoms with Crippen LogP contribution >= 0.6 is 11.8 Å². The first-order chi connectivity index (χ1) is 10.0. The zero-order chi connectivity index (χ0) is 15.6. The zero-order valence-corrected chi connectivity index (χ0v) is 19.2. The first kappa shape index (κ1) is 33.3. The van der Waals surface area contributed by atoms with Gasteiger partial charge in [-0.05, 0) is 25.2 Å². The maximum Gasteiger partial charge on any atom is 2.00 e. The maximum absolute atomic E-state index is 8.68.